The highest BCUT2D eigenvalue weighted by atomic mass is 15.2. The summed E-state index contributed by atoms with van der Waals surface area (Å²) in [7, 11) is 0. The van der Waals surface area contributed by atoms with Gasteiger partial charge in [-0.2, -0.15) is 0 Å². The zero-order chi connectivity index (χ0) is 17.1. The van der Waals surface area contributed by atoms with E-state index in [2.05, 4.69) is 72.5 Å². The maximum absolute atomic E-state index is 2.74. The van der Waals surface area contributed by atoms with E-state index >= 15 is 0 Å². The van der Waals surface area contributed by atoms with Crippen LogP contribution in [0, 0.1) is 11.3 Å². The summed E-state index contributed by atoms with van der Waals surface area (Å²) >= 11 is 0. The van der Waals surface area contributed by atoms with Crippen LogP contribution in [-0.2, 0) is 6.42 Å². The Bertz CT molecular complexity index is 665. The average Bonchev–Trinajstić information content (AvgIpc) is 2.68. The van der Waals surface area contributed by atoms with Crippen molar-refractivity contribution in [3.63, 3.8) is 0 Å². The van der Waals surface area contributed by atoms with Gasteiger partial charge in [0.1, 0.15) is 0 Å². The quantitative estimate of drug-likeness (QED) is 0.676. The molecule has 2 aromatic carbocycles. The highest BCUT2D eigenvalue weighted by Crippen LogP contribution is 2.50. The summed E-state index contributed by atoms with van der Waals surface area (Å²) in [6.45, 7) is 4.92. The van der Waals surface area contributed by atoms with Crippen LogP contribution in [0.2, 0.25) is 0 Å². The highest BCUT2D eigenvalue weighted by Gasteiger charge is 2.44. The molecular weight excluding hydrogens is 302 g/mol. The molecule has 132 valence electrons. The summed E-state index contributed by atoms with van der Waals surface area (Å²) in [5.74, 6) is 0.862. The predicted molar refractivity (Wildman–Crippen MR) is 106 cm³/mol. The predicted octanol–water partition coefficient (Wildman–Crippen LogP) is 5.87. The van der Waals surface area contributed by atoms with Gasteiger partial charge in [0.25, 0.3) is 0 Å². The van der Waals surface area contributed by atoms with Crippen molar-refractivity contribution < 1.29 is 0 Å². The zero-order valence-electron chi connectivity index (χ0n) is 15.5. The molecule has 1 aliphatic carbocycles. The second-order valence-electron chi connectivity index (χ2n) is 8.30. The van der Waals surface area contributed by atoms with Crippen molar-refractivity contribution in [3.8, 4) is 0 Å². The van der Waals surface area contributed by atoms with Crippen molar-refractivity contribution in [1.29, 1.82) is 0 Å². The third-order valence-electron chi connectivity index (χ3n) is 6.92. The lowest BCUT2D eigenvalue weighted by Gasteiger charge is -2.52. The molecule has 1 heterocycles. The summed E-state index contributed by atoms with van der Waals surface area (Å²) in [4.78, 5) is 2.74. The minimum absolute atomic E-state index is 0.540. The van der Waals surface area contributed by atoms with Crippen LogP contribution in [0.25, 0.3) is 0 Å². The monoisotopic (exact) mass is 333 g/mol. The van der Waals surface area contributed by atoms with Gasteiger partial charge in [-0.05, 0) is 61.6 Å². The Balaban J connectivity index is 1.51. The lowest BCUT2D eigenvalue weighted by atomic mass is 9.60. The van der Waals surface area contributed by atoms with Gasteiger partial charge in [-0.1, -0.05) is 73.5 Å². The molecule has 2 fully saturated rings. The molecule has 1 heteroatoms. The number of nitrogens with zero attached hydrogens (tertiary/aromatic N) is 1. The molecule has 4 rings (SSSR count). The molecule has 0 N–H and O–H groups in total. The van der Waals surface area contributed by atoms with Gasteiger partial charge in [-0.25, -0.2) is 0 Å². The summed E-state index contributed by atoms with van der Waals surface area (Å²) in [6.07, 6.45) is 8.35. The van der Waals surface area contributed by atoms with Crippen LogP contribution in [0.15, 0.2) is 60.7 Å². The topological polar surface area (TPSA) is 3.24 Å². The third kappa shape index (κ3) is 3.53. The Hall–Kier alpha value is -1.60. The SMILES string of the molecule is C[C@H](c1ccccc1)N1CCC2(Cc3ccccc3)CCCCC2C1. The van der Waals surface area contributed by atoms with E-state index in [1.165, 1.54) is 57.2 Å². The van der Waals surface area contributed by atoms with Crippen LogP contribution in [0.3, 0.4) is 0 Å². The Morgan fingerprint density at radius 1 is 0.960 bits per heavy atom. The van der Waals surface area contributed by atoms with E-state index in [1.807, 2.05) is 0 Å². The average molecular weight is 334 g/mol. The van der Waals surface area contributed by atoms with Gasteiger partial charge in [0, 0.05) is 12.6 Å². The van der Waals surface area contributed by atoms with E-state index in [4.69, 9.17) is 0 Å². The minimum atomic E-state index is 0.540. The van der Waals surface area contributed by atoms with Crippen molar-refractivity contribution in [2.24, 2.45) is 11.3 Å². The molecule has 1 nitrogen and oxygen atoms in total. The molecule has 1 saturated heterocycles. The molecule has 3 atom stereocenters. The first-order chi connectivity index (χ1) is 12.3. The standard InChI is InChI=1S/C24H31N/c1-20(22-12-6-3-7-13-22)25-17-16-24(15-9-8-14-23(24)19-25)18-21-10-4-2-5-11-21/h2-7,10-13,20,23H,8-9,14-19H2,1H3/t20-,23?,24?/m1/s1. The summed E-state index contributed by atoms with van der Waals surface area (Å²) < 4.78 is 0. The van der Waals surface area contributed by atoms with E-state index in [-0.39, 0.29) is 0 Å². The first-order valence-corrected chi connectivity index (χ1v) is 10.1. The fraction of sp³-hybridized carbons (Fsp3) is 0.500. The molecule has 2 aromatic rings. The van der Waals surface area contributed by atoms with Crippen LogP contribution in [-0.4, -0.2) is 18.0 Å². The summed E-state index contributed by atoms with van der Waals surface area (Å²) in [5.41, 5.74) is 3.56. The molecule has 0 bridgehead atoms. The molecule has 2 unspecified atom stereocenters. The number of hydrogen-bond acceptors (Lipinski definition) is 1. The number of rotatable bonds is 4. The Labute approximate surface area is 153 Å². The molecule has 1 saturated carbocycles. The first-order valence-electron chi connectivity index (χ1n) is 10.1. The highest BCUT2D eigenvalue weighted by molar-refractivity contribution is 5.20. The number of benzene rings is 2. The number of likely N-dealkylation sites (tertiary alicyclic amines) is 1. The number of hydrogen-bond donors (Lipinski definition) is 0. The minimum Gasteiger partial charge on any atom is -0.296 e. The molecule has 0 aromatic heterocycles. The Kier molecular flexibility index (Phi) is 4.94. The van der Waals surface area contributed by atoms with E-state index in [9.17, 15) is 0 Å². The van der Waals surface area contributed by atoms with Crippen molar-refractivity contribution in [2.75, 3.05) is 13.1 Å². The zero-order valence-corrected chi connectivity index (χ0v) is 15.5. The van der Waals surface area contributed by atoms with Crippen LogP contribution < -0.4 is 0 Å². The second-order valence-corrected chi connectivity index (χ2v) is 8.30. The van der Waals surface area contributed by atoms with Gasteiger partial charge in [-0.3, -0.25) is 4.90 Å². The van der Waals surface area contributed by atoms with E-state index < -0.39 is 0 Å². The number of fused-ring (bicyclic) bond motifs is 1. The third-order valence-corrected chi connectivity index (χ3v) is 6.92. The summed E-state index contributed by atoms with van der Waals surface area (Å²) in [6, 6.07) is 22.8. The van der Waals surface area contributed by atoms with Crippen LogP contribution >= 0.6 is 0 Å². The van der Waals surface area contributed by atoms with Gasteiger partial charge < -0.3 is 0 Å². The van der Waals surface area contributed by atoms with E-state index in [0.29, 0.717) is 11.5 Å². The smallest absolute Gasteiger partial charge is 0.0319 e. The van der Waals surface area contributed by atoms with Gasteiger partial charge >= 0.3 is 0 Å². The fourth-order valence-electron chi connectivity index (χ4n) is 5.35. The molecule has 25 heavy (non-hydrogen) atoms. The lowest BCUT2D eigenvalue weighted by molar-refractivity contribution is -0.0157. The van der Waals surface area contributed by atoms with Gasteiger partial charge in [0.15, 0.2) is 0 Å². The van der Waals surface area contributed by atoms with Crippen molar-refractivity contribution in [2.45, 2.75) is 51.5 Å². The largest absolute Gasteiger partial charge is 0.296 e. The van der Waals surface area contributed by atoms with Gasteiger partial charge in [0.2, 0.25) is 0 Å². The molecule has 0 radical (unpaired) electrons. The van der Waals surface area contributed by atoms with Crippen LogP contribution in [0.5, 0.6) is 0 Å². The second kappa shape index (κ2) is 7.33. The molecular formula is C24H31N. The maximum atomic E-state index is 2.74. The van der Waals surface area contributed by atoms with Crippen LogP contribution in [0.4, 0.5) is 0 Å². The lowest BCUT2D eigenvalue weighted by Crippen LogP contribution is -2.50. The fourth-order valence-corrected chi connectivity index (χ4v) is 5.35. The molecule has 0 spiro atoms. The van der Waals surface area contributed by atoms with Crippen LogP contribution in [0.1, 0.15) is 56.2 Å². The Morgan fingerprint density at radius 2 is 1.68 bits per heavy atom. The van der Waals surface area contributed by atoms with Gasteiger partial charge in [0.05, 0.1) is 0 Å². The maximum Gasteiger partial charge on any atom is 0.0319 e. The molecule has 0 amide bonds. The summed E-state index contributed by atoms with van der Waals surface area (Å²) in [5, 5.41) is 0. The van der Waals surface area contributed by atoms with E-state index in [1.54, 1.807) is 5.56 Å². The number of piperidine rings is 1. The molecule has 2 aliphatic rings. The molecule has 1 aliphatic heterocycles. The Morgan fingerprint density at radius 3 is 2.44 bits per heavy atom. The normalized spacial score (nSPS) is 28.3. The van der Waals surface area contributed by atoms with Crippen molar-refractivity contribution in [3.05, 3.63) is 71.8 Å². The van der Waals surface area contributed by atoms with Crippen molar-refractivity contribution >= 4 is 0 Å². The first kappa shape index (κ1) is 16.8. The van der Waals surface area contributed by atoms with Crippen molar-refractivity contribution in [1.82, 2.24) is 4.90 Å². The van der Waals surface area contributed by atoms with E-state index in [0.717, 1.165) is 5.92 Å². The van der Waals surface area contributed by atoms with Gasteiger partial charge in [-0.15, -0.1) is 0 Å².